The third-order valence-corrected chi connectivity index (χ3v) is 5.21. The maximum atomic E-state index is 5.98. The second-order valence-electron chi connectivity index (χ2n) is 4.53. The van der Waals surface area contributed by atoms with E-state index in [-0.39, 0.29) is 11.3 Å². The van der Waals surface area contributed by atoms with E-state index < -0.39 is 0 Å². The number of anilines is 1. The number of nitrogens with zero attached hydrogens (tertiary/aromatic N) is 3. The Hall–Kier alpha value is -1.24. The summed E-state index contributed by atoms with van der Waals surface area (Å²) in [5.41, 5.74) is 1.06. The molecule has 0 aliphatic heterocycles. The highest BCUT2D eigenvalue weighted by atomic mass is 35.5. The molecule has 20 heavy (non-hydrogen) atoms. The van der Waals surface area contributed by atoms with Gasteiger partial charge in [0.1, 0.15) is 10.6 Å². The van der Waals surface area contributed by atoms with Crippen LogP contribution >= 0.6 is 34.3 Å². The van der Waals surface area contributed by atoms with Crippen molar-refractivity contribution in [2.24, 2.45) is 0 Å². The van der Waals surface area contributed by atoms with Gasteiger partial charge in [0.05, 0.1) is 22.1 Å². The predicted molar refractivity (Wildman–Crippen MR) is 86.1 cm³/mol. The predicted octanol–water partition coefficient (Wildman–Crippen LogP) is 4.59. The number of aryl methyl sites for hydroxylation is 2. The number of thiazole rings is 1. The Bertz CT molecular complexity index is 765. The highest BCUT2D eigenvalue weighted by Crippen LogP contribution is 2.31. The molecule has 0 radical (unpaired) electrons. The summed E-state index contributed by atoms with van der Waals surface area (Å²) < 4.78 is 0. The average Bonchev–Trinajstić information content (AvgIpc) is 2.95. The van der Waals surface area contributed by atoms with E-state index in [0.717, 1.165) is 26.7 Å². The largest absolute Gasteiger partial charge is 0.362 e. The fourth-order valence-electron chi connectivity index (χ4n) is 2.16. The first-order chi connectivity index (χ1) is 9.54. The fourth-order valence-corrected chi connectivity index (χ4v) is 4.07. The van der Waals surface area contributed by atoms with Crippen LogP contribution in [0.3, 0.4) is 0 Å². The summed E-state index contributed by atoms with van der Waals surface area (Å²) in [5.74, 6) is 0.777. The van der Waals surface area contributed by atoms with Crippen molar-refractivity contribution >= 4 is 50.3 Å². The number of nitrogens with one attached hydrogen (secondary N) is 1. The molecular formula is C13H13ClN4S2. The molecule has 3 aromatic heterocycles. The third kappa shape index (κ3) is 2.51. The lowest BCUT2D eigenvalue weighted by molar-refractivity contribution is 0.881. The first kappa shape index (κ1) is 13.7. The van der Waals surface area contributed by atoms with Crippen LogP contribution in [0.25, 0.3) is 10.2 Å². The molecule has 0 aliphatic carbocycles. The van der Waals surface area contributed by atoms with Gasteiger partial charge in [-0.25, -0.2) is 15.0 Å². The summed E-state index contributed by atoms with van der Waals surface area (Å²) in [6.07, 6.45) is 0. The molecule has 3 heterocycles. The first-order valence-electron chi connectivity index (χ1n) is 6.16. The van der Waals surface area contributed by atoms with Gasteiger partial charge in [-0.1, -0.05) is 0 Å². The summed E-state index contributed by atoms with van der Waals surface area (Å²) in [4.78, 5) is 15.1. The molecule has 0 aromatic carbocycles. The van der Waals surface area contributed by atoms with Crippen LogP contribution in [0.2, 0.25) is 5.28 Å². The fraction of sp³-hybridized carbons (Fsp3) is 0.308. The number of halogens is 1. The molecule has 0 saturated carbocycles. The quantitative estimate of drug-likeness (QED) is 0.716. The van der Waals surface area contributed by atoms with Gasteiger partial charge in [0.25, 0.3) is 0 Å². The van der Waals surface area contributed by atoms with Gasteiger partial charge >= 0.3 is 0 Å². The van der Waals surface area contributed by atoms with Crippen molar-refractivity contribution < 1.29 is 0 Å². The molecule has 1 atom stereocenters. The topological polar surface area (TPSA) is 50.7 Å². The van der Waals surface area contributed by atoms with E-state index in [4.69, 9.17) is 11.6 Å². The van der Waals surface area contributed by atoms with Gasteiger partial charge in [-0.15, -0.1) is 22.7 Å². The van der Waals surface area contributed by atoms with Gasteiger partial charge in [0.2, 0.25) is 5.28 Å². The van der Waals surface area contributed by atoms with Crippen LogP contribution in [0, 0.1) is 13.8 Å². The molecule has 0 bridgehead atoms. The summed E-state index contributed by atoms with van der Waals surface area (Å²) in [6.45, 7) is 6.16. The number of aromatic nitrogens is 3. The van der Waals surface area contributed by atoms with E-state index >= 15 is 0 Å². The zero-order chi connectivity index (χ0) is 14.3. The van der Waals surface area contributed by atoms with Gasteiger partial charge < -0.3 is 5.32 Å². The Labute approximate surface area is 129 Å². The van der Waals surface area contributed by atoms with Crippen molar-refractivity contribution in [3.8, 4) is 0 Å². The minimum absolute atomic E-state index is 0.135. The van der Waals surface area contributed by atoms with E-state index in [1.807, 2.05) is 25.3 Å². The number of thiophene rings is 1. The Morgan fingerprint density at radius 2 is 2.05 bits per heavy atom. The molecule has 3 aromatic rings. The summed E-state index contributed by atoms with van der Waals surface area (Å²) in [6, 6.07) is 2.14. The molecular weight excluding hydrogens is 312 g/mol. The van der Waals surface area contributed by atoms with E-state index in [1.165, 1.54) is 4.88 Å². The second-order valence-corrected chi connectivity index (χ2v) is 7.00. The molecule has 1 N–H and O–H groups in total. The van der Waals surface area contributed by atoms with Crippen LogP contribution in [0.1, 0.15) is 28.5 Å². The van der Waals surface area contributed by atoms with Crippen molar-refractivity contribution in [2.45, 2.75) is 26.8 Å². The van der Waals surface area contributed by atoms with Crippen LogP contribution in [0.15, 0.2) is 11.4 Å². The second kappa shape index (κ2) is 5.27. The molecule has 0 aliphatic rings. The van der Waals surface area contributed by atoms with E-state index in [0.29, 0.717) is 0 Å². The van der Waals surface area contributed by atoms with Gasteiger partial charge in [0.15, 0.2) is 0 Å². The average molecular weight is 325 g/mol. The Morgan fingerprint density at radius 1 is 1.25 bits per heavy atom. The molecule has 7 heteroatoms. The smallest absolute Gasteiger partial charge is 0.225 e. The molecule has 104 valence electrons. The number of rotatable bonds is 3. The van der Waals surface area contributed by atoms with Gasteiger partial charge in [0, 0.05) is 4.88 Å². The summed E-state index contributed by atoms with van der Waals surface area (Å²) in [7, 11) is 0. The Morgan fingerprint density at radius 3 is 2.75 bits per heavy atom. The molecule has 4 nitrogen and oxygen atoms in total. The zero-order valence-electron chi connectivity index (χ0n) is 11.3. The highest BCUT2D eigenvalue weighted by Gasteiger charge is 2.16. The molecule has 1 unspecified atom stereocenters. The number of hydrogen-bond donors (Lipinski definition) is 1. The van der Waals surface area contributed by atoms with Gasteiger partial charge in [-0.05, 0) is 43.8 Å². The Kier molecular flexibility index (Phi) is 3.62. The molecule has 0 saturated heterocycles. The molecule has 0 amide bonds. The standard InChI is InChI=1S/C13H13ClN4S2/c1-6-10(20-8(3)15-6)7(2)16-11-9-4-5-19-12(9)18-13(14)17-11/h4-5,7H,1-3H3,(H,16,17,18). The van der Waals surface area contributed by atoms with Crippen molar-refractivity contribution in [3.63, 3.8) is 0 Å². The lowest BCUT2D eigenvalue weighted by Gasteiger charge is -2.14. The number of hydrogen-bond acceptors (Lipinski definition) is 6. The molecule has 3 rings (SSSR count). The van der Waals surface area contributed by atoms with Crippen molar-refractivity contribution in [3.05, 3.63) is 32.3 Å². The SMILES string of the molecule is Cc1nc(C)c(C(C)Nc2nc(Cl)nc3sccc23)s1. The van der Waals surface area contributed by atoms with Crippen LogP contribution in [0.4, 0.5) is 5.82 Å². The lowest BCUT2D eigenvalue weighted by Crippen LogP contribution is -2.08. The number of fused-ring (bicyclic) bond motifs is 1. The van der Waals surface area contributed by atoms with Crippen LogP contribution in [-0.2, 0) is 0 Å². The van der Waals surface area contributed by atoms with Crippen molar-refractivity contribution in [1.29, 1.82) is 0 Å². The zero-order valence-corrected chi connectivity index (χ0v) is 13.7. The van der Waals surface area contributed by atoms with Gasteiger partial charge in [-0.2, -0.15) is 0 Å². The maximum Gasteiger partial charge on any atom is 0.225 e. The van der Waals surface area contributed by atoms with Crippen LogP contribution < -0.4 is 5.32 Å². The normalized spacial score (nSPS) is 12.8. The van der Waals surface area contributed by atoms with E-state index in [9.17, 15) is 0 Å². The highest BCUT2D eigenvalue weighted by molar-refractivity contribution is 7.16. The van der Waals surface area contributed by atoms with Crippen molar-refractivity contribution in [2.75, 3.05) is 5.32 Å². The summed E-state index contributed by atoms with van der Waals surface area (Å²) in [5, 5.41) is 7.77. The molecule has 0 spiro atoms. The monoisotopic (exact) mass is 324 g/mol. The molecule has 0 fully saturated rings. The maximum absolute atomic E-state index is 5.98. The minimum Gasteiger partial charge on any atom is -0.362 e. The van der Waals surface area contributed by atoms with Gasteiger partial charge in [-0.3, -0.25) is 0 Å². The van der Waals surface area contributed by atoms with Crippen molar-refractivity contribution in [1.82, 2.24) is 15.0 Å². The van der Waals surface area contributed by atoms with Crippen LogP contribution in [0.5, 0.6) is 0 Å². The third-order valence-electron chi connectivity index (χ3n) is 2.98. The first-order valence-corrected chi connectivity index (χ1v) is 8.23. The Balaban J connectivity index is 1.96. The lowest BCUT2D eigenvalue weighted by atomic mass is 10.2. The summed E-state index contributed by atoms with van der Waals surface area (Å²) >= 11 is 9.25. The van der Waals surface area contributed by atoms with E-state index in [2.05, 4.69) is 27.2 Å². The minimum atomic E-state index is 0.135. The van der Waals surface area contributed by atoms with Crippen LogP contribution in [-0.4, -0.2) is 15.0 Å². The van der Waals surface area contributed by atoms with E-state index in [1.54, 1.807) is 22.7 Å².